The molecule has 3 N–H and O–H groups in total. The first-order chi connectivity index (χ1) is 14.3. The lowest BCUT2D eigenvalue weighted by atomic mass is 10.1. The molecule has 2 heterocycles. The van der Waals surface area contributed by atoms with Crippen LogP contribution < -0.4 is 15.5 Å². The third-order valence-corrected chi connectivity index (χ3v) is 5.47. The minimum absolute atomic E-state index is 0.0480. The van der Waals surface area contributed by atoms with Crippen LogP contribution in [0.1, 0.15) is 26.5 Å². The summed E-state index contributed by atoms with van der Waals surface area (Å²) in [5.74, 6) is -2.31. The van der Waals surface area contributed by atoms with Gasteiger partial charge in [0.2, 0.25) is 5.91 Å². The number of carboxylic acid groups (broad SMARTS) is 1. The Labute approximate surface area is 180 Å². The van der Waals surface area contributed by atoms with Crippen LogP contribution in [-0.2, 0) is 14.3 Å². The molecule has 0 bridgehead atoms. The molecule has 0 spiro atoms. The van der Waals surface area contributed by atoms with Crippen LogP contribution in [0.25, 0.3) is 0 Å². The molecule has 1 aromatic heterocycles. The summed E-state index contributed by atoms with van der Waals surface area (Å²) in [6.45, 7) is 0.683. The first-order valence-corrected chi connectivity index (χ1v) is 10.1. The Hall–Kier alpha value is -2.95. The van der Waals surface area contributed by atoms with Crippen molar-refractivity contribution in [2.45, 2.75) is 6.42 Å². The standard InChI is InChI=1S/C19H18ClN3O6S/c20-15-4-3-14(30-15)18(26)21-6-5-16(24)22-13-2-1-11(9-12(13)19(27)28)23-7-8-29-10-17(23)25/h1-4,9H,5-8,10H2,(H,21,26)(H,22,24)(H,27,28). The van der Waals surface area contributed by atoms with E-state index in [1.54, 1.807) is 18.2 Å². The maximum Gasteiger partial charge on any atom is 0.337 e. The molecule has 0 aliphatic carbocycles. The van der Waals surface area contributed by atoms with Crippen molar-refractivity contribution < 1.29 is 29.0 Å². The summed E-state index contributed by atoms with van der Waals surface area (Å²) in [6.07, 6.45) is -0.0480. The molecular weight excluding hydrogens is 434 g/mol. The second kappa shape index (κ2) is 9.70. The molecule has 0 unspecified atom stereocenters. The molecule has 3 amide bonds. The average Bonchev–Trinajstić information content (AvgIpc) is 3.15. The van der Waals surface area contributed by atoms with Crippen molar-refractivity contribution in [1.29, 1.82) is 0 Å². The number of nitrogens with one attached hydrogen (secondary N) is 2. The third kappa shape index (κ3) is 5.35. The predicted octanol–water partition coefficient (Wildman–Crippen LogP) is 2.22. The van der Waals surface area contributed by atoms with E-state index in [-0.39, 0.29) is 42.6 Å². The Kier molecular flexibility index (Phi) is 7.03. The zero-order chi connectivity index (χ0) is 21.7. The highest BCUT2D eigenvalue weighted by Gasteiger charge is 2.22. The minimum Gasteiger partial charge on any atom is -0.478 e. The Morgan fingerprint density at radius 3 is 2.70 bits per heavy atom. The van der Waals surface area contributed by atoms with Crippen LogP contribution in [0.5, 0.6) is 0 Å². The molecule has 2 aromatic rings. The zero-order valence-corrected chi connectivity index (χ0v) is 17.2. The first kappa shape index (κ1) is 21.8. The number of carboxylic acids is 1. The maximum atomic E-state index is 12.2. The molecule has 0 saturated carbocycles. The van der Waals surface area contributed by atoms with Crippen LogP contribution in [0.15, 0.2) is 30.3 Å². The molecule has 30 heavy (non-hydrogen) atoms. The molecule has 0 atom stereocenters. The Morgan fingerprint density at radius 2 is 2.03 bits per heavy atom. The molecule has 1 aliphatic rings. The topological polar surface area (TPSA) is 125 Å². The molecule has 3 rings (SSSR count). The number of anilines is 2. The average molecular weight is 452 g/mol. The van der Waals surface area contributed by atoms with Crippen molar-refractivity contribution in [3.63, 3.8) is 0 Å². The zero-order valence-electron chi connectivity index (χ0n) is 15.6. The van der Waals surface area contributed by atoms with Gasteiger partial charge >= 0.3 is 5.97 Å². The Morgan fingerprint density at radius 1 is 1.23 bits per heavy atom. The van der Waals surface area contributed by atoms with Crippen LogP contribution in [0.4, 0.5) is 11.4 Å². The van der Waals surface area contributed by atoms with Crippen LogP contribution >= 0.6 is 22.9 Å². The molecule has 0 radical (unpaired) electrons. The maximum absolute atomic E-state index is 12.2. The number of morpholine rings is 1. The van der Waals surface area contributed by atoms with Crippen molar-refractivity contribution in [3.8, 4) is 0 Å². The van der Waals surface area contributed by atoms with Gasteiger partial charge in [0, 0.05) is 25.2 Å². The van der Waals surface area contributed by atoms with Crippen molar-refractivity contribution in [2.75, 3.05) is 36.5 Å². The lowest BCUT2D eigenvalue weighted by Crippen LogP contribution is -2.41. The second-order valence-electron chi connectivity index (χ2n) is 6.29. The summed E-state index contributed by atoms with van der Waals surface area (Å²) in [7, 11) is 0. The summed E-state index contributed by atoms with van der Waals surface area (Å²) < 4.78 is 5.56. The van der Waals surface area contributed by atoms with E-state index in [1.807, 2.05) is 0 Å². The van der Waals surface area contributed by atoms with Gasteiger partial charge in [-0.25, -0.2) is 4.79 Å². The second-order valence-corrected chi connectivity index (χ2v) is 8.01. The quantitative estimate of drug-likeness (QED) is 0.592. The molecule has 1 aromatic carbocycles. The minimum atomic E-state index is -1.24. The number of benzene rings is 1. The number of carbonyl (C=O) groups excluding carboxylic acids is 3. The van der Waals surface area contributed by atoms with Gasteiger partial charge in [0.15, 0.2) is 0 Å². The highest BCUT2D eigenvalue weighted by molar-refractivity contribution is 7.18. The number of halogens is 1. The number of amides is 3. The fourth-order valence-corrected chi connectivity index (χ4v) is 3.76. The number of hydrogen-bond donors (Lipinski definition) is 3. The van der Waals surface area contributed by atoms with Gasteiger partial charge in [-0.15, -0.1) is 11.3 Å². The first-order valence-electron chi connectivity index (χ1n) is 8.94. The molecule has 11 heteroatoms. The van der Waals surface area contributed by atoms with Gasteiger partial charge in [-0.2, -0.15) is 0 Å². The Bertz CT molecular complexity index is 992. The van der Waals surface area contributed by atoms with Crippen LogP contribution in [0.3, 0.4) is 0 Å². The smallest absolute Gasteiger partial charge is 0.337 e. The van der Waals surface area contributed by atoms with Crippen LogP contribution in [0.2, 0.25) is 4.34 Å². The number of carbonyl (C=O) groups is 4. The summed E-state index contributed by atoms with van der Waals surface area (Å²) in [4.78, 5) is 49.6. The van der Waals surface area contributed by atoms with E-state index in [1.165, 1.54) is 17.0 Å². The van der Waals surface area contributed by atoms with Crippen LogP contribution in [-0.4, -0.2) is 55.1 Å². The van der Waals surface area contributed by atoms with Gasteiger partial charge < -0.3 is 25.4 Å². The molecular formula is C19H18ClN3O6S. The summed E-state index contributed by atoms with van der Waals surface area (Å²) in [6, 6.07) is 7.53. The van der Waals surface area contributed by atoms with Crippen molar-refractivity contribution in [3.05, 3.63) is 45.1 Å². The highest BCUT2D eigenvalue weighted by Crippen LogP contribution is 2.25. The molecule has 1 fully saturated rings. The fourth-order valence-electron chi connectivity index (χ4n) is 2.80. The van der Waals surface area contributed by atoms with E-state index in [0.717, 1.165) is 11.3 Å². The van der Waals surface area contributed by atoms with Crippen molar-refractivity contribution in [2.24, 2.45) is 0 Å². The lowest BCUT2D eigenvalue weighted by molar-refractivity contribution is -0.125. The van der Waals surface area contributed by atoms with E-state index in [9.17, 15) is 24.3 Å². The number of aromatic carboxylic acids is 1. The molecule has 158 valence electrons. The molecule has 1 aliphatic heterocycles. The number of rotatable bonds is 7. The molecule has 1 saturated heterocycles. The van der Waals surface area contributed by atoms with Gasteiger partial charge in [-0.3, -0.25) is 14.4 Å². The van der Waals surface area contributed by atoms with Gasteiger partial charge in [0.05, 0.1) is 27.1 Å². The summed E-state index contributed by atoms with van der Waals surface area (Å²) in [5, 5.41) is 14.6. The van der Waals surface area contributed by atoms with Gasteiger partial charge in [0.1, 0.15) is 6.61 Å². The van der Waals surface area contributed by atoms with Gasteiger partial charge in [0.25, 0.3) is 11.8 Å². The SMILES string of the molecule is O=C(CCNC(=O)c1ccc(Cl)s1)Nc1ccc(N2CCOCC2=O)cc1C(=O)O. The molecule has 9 nitrogen and oxygen atoms in total. The van der Waals surface area contributed by atoms with E-state index in [0.29, 0.717) is 28.1 Å². The van der Waals surface area contributed by atoms with E-state index >= 15 is 0 Å². The number of thiophene rings is 1. The number of hydrogen-bond acceptors (Lipinski definition) is 6. The predicted molar refractivity (Wildman–Crippen MR) is 111 cm³/mol. The number of ether oxygens (including phenoxy) is 1. The van der Waals surface area contributed by atoms with Crippen molar-refractivity contribution >= 4 is 58.0 Å². The summed E-state index contributed by atoms with van der Waals surface area (Å²) >= 11 is 6.91. The fraction of sp³-hybridized carbons (Fsp3) is 0.263. The van der Waals surface area contributed by atoms with Gasteiger partial charge in [-0.05, 0) is 30.3 Å². The van der Waals surface area contributed by atoms with E-state index < -0.39 is 11.9 Å². The normalized spacial score (nSPS) is 13.8. The van der Waals surface area contributed by atoms with E-state index in [2.05, 4.69) is 10.6 Å². The van der Waals surface area contributed by atoms with Crippen LogP contribution in [0, 0.1) is 0 Å². The summed E-state index contributed by atoms with van der Waals surface area (Å²) in [5.41, 5.74) is 0.381. The highest BCUT2D eigenvalue weighted by atomic mass is 35.5. The third-order valence-electron chi connectivity index (χ3n) is 4.24. The van der Waals surface area contributed by atoms with E-state index in [4.69, 9.17) is 16.3 Å². The largest absolute Gasteiger partial charge is 0.478 e. The lowest BCUT2D eigenvalue weighted by Gasteiger charge is -2.27. The Balaban J connectivity index is 1.60. The monoisotopic (exact) mass is 451 g/mol. The van der Waals surface area contributed by atoms with Gasteiger partial charge in [-0.1, -0.05) is 11.6 Å². The van der Waals surface area contributed by atoms with Crippen molar-refractivity contribution in [1.82, 2.24) is 5.32 Å². The number of nitrogens with zero attached hydrogens (tertiary/aromatic N) is 1.